The predicted molar refractivity (Wildman–Crippen MR) is 125 cm³/mol. The van der Waals surface area contributed by atoms with Crippen LogP contribution >= 0.6 is 0 Å². The van der Waals surface area contributed by atoms with Crippen molar-refractivity contribution in [3.63, 3.8) is 0 Å². The van der Waals surface area contributed by atoms with E-state index in [9.17, 15) is 24.0 Å². The van der Waals surface area contributed by atoms with Gasteiger partial charge in [-0.25, -0.2) is 4.79 Å². The lowest BCUT2D eigenvalue weighted by Crippen LogP contribution is -1.95. The fraction of sp³-hybridized carbons (Fsp3) is 0.619. The molecule has 0 amide bonds. The van der Waals surface area contributed by atoms with Crippen LogP contribution in [-0.4, -0.2) is 74.2 Å². The van der Waals surface area contributed by atoms with Gasteiger partial charge in [-0.3, -0.25) is 14.4 Å². The first-order valence-electron chi connectivity index (χ1n) is 9.23. The highest BCUT2D eigenvalue weighted by Crippen LogP contribution is 1.69. The zero-order valence-corrected chi connectivity index (χ0v) is 22.2. The van der Waals surface area contributed by atoms with Crippen LogP contribution in [0.1, 0.15) is 83.1 Å². The highest BCUT2D eigenvalue weighted by molar-refractivity contribution is 5.73. The molecule has 0 spiro atoms. The number of carbonyl (C=O) groups is 8. The molecule has 0 saturated carbocycles. The van der Waals surface area contributed by atoms with Crippen molar-refractivity contribution in [3.05, 3.63) is 0 Å². The summed E-state index contributed by atoms with van der Waals surface area (Å²) < 4.78 is 4.40. The molecule has 4 N–H and O–H groups in total. The van der Waals surface area contributed by atoms with E-state index >= 15 is 0 Å². The van der Waals surface area contributed by atoms with Crippen molar-refractivity contribution in [2.75, 3.05) is 6.61 Å². The molecule has 0 aliphatic carbocycles. The minimum atomic E-state index is -1.83. The Morgan fingerprint density at radius 1 is 0.471 bits per heavy atom. The third-order valence-corrected chi connectivity index (χ3v) is 0.348. The summed E-state index contributed by atoms with van der Waals surface area (Å²) in [5.41, 5.74) is 0. The largest absolute Gasteiger partial charge is 0.503 e. The fourth-order valence-electron chi connectivity index (χ4n) is 0.203. The molecule has 0 aromatic carbocycles. The summed E-state index contributed by atoms with van der Waals surface area (Å²) in [6.07, 6.45) is -1.83. The van der Waals surface area contributed by atoms with Gasteiger partial charge in [0, 0.05) is 20.8 Å². The standard InChI is InChI=1S/C4H8O2.4C3H6O.2C2H4O2.CH2O3/c1-3-6-4(2)5;4*1-3(2)4;2*1-2(3)4;2-1(3)4/h3H2,1-2H3;4*1-2H3;2*1H3,(H,3,4);(H2,2,3,4). The van der Waals surface area contributed by atoms with Crippen LogP contribution in [-0.2, 0) is 38.3 Å². The molecule has 0 bridgehead atoms. The Kier molecular flexibility index (Phi) is 72.7. The Balaban J connectivity index is -0.0000000381. The Labute approximate surface area is 201 Å². The van der Waals surface area contributed by atoms with E-state index < -0.39 is 18.1 Å². The maximum absolute atomic E-state index is 9.82. The second kappa shape index (κ2) is 47.2. The quantitative estimate of drug-likeness (QED) is 0.377. The van der Waals surface area contributed by atoms with E-state index in [0.29, 0.717) is 6.61 Å². The number of Topliss-reactive ketones (excluding diaryl/α,β-unsaturated/α-hetero) is 4. The lowest BCUT2D eigenvalue weighted by atomic mass is 10.6. The first-order chi connectivity index (χ1) is 14.9. The van der Waals surface area contributed by atoms with Gasteiger partial charge in [-0.1, -0.05) is 0 Å². The van der Waals surface area contributed by atoms with Crippen molar-refractivity contribution in [1.82, 2.24) is 0 Å². The molecular weight excluding hydrogens is 460 g/mol. The van der Waals surface area contributed by atoms with Gasteiger partial charge in [0.15, 0.2) is 0 Å². The molecule has 0 saturated heterocycles. The number of hydrogen-bond donors (Lipinski definition) is 4. The lowest BCUT2D eigenvalue weighted by Gasteiger charge is -1.89. The molecule has 0 heterocycles. The van der Waals surface area contributed by atoms with Crippen LogP contribution in [0, 0.1) is 0 Å². The molecule has 0 atom stereocenters. The number of ketones is 4. The molecule has 13 heteroatoms. The van der Waals surface area contributed by atoms with Crippen LogP contribution in [0.15, 0.2) is 0 Å². The summed E-state index contributed by atoms with van der Waals surface area (Å²) in [7, 11) is 0. The normalized spacial score (nSPS) is 6.59. The summed E-state index contributed by atoms with van der Waals surface area (Å²) in [5.74, 6) is -1.21. The van der Waals surface area contributed by atoms with Gasteiger partial charge in [-0.05, 0) is 62.3 Å². The second-order valence-corrected chi connectivity index (χ2v) is 5.88. The number of carbonyl (C=O) groups excluding carboxylic acids is 5. The summed E-state index contributed by atoms with van der Waals surface area (Å²) >= 11 is 0. The van der Waals surface area contributed by atoms with Gasteiger partial charge in [0.2, 0.25) is 0 Å². The van der Waals surface area contributed by atoms with Crippen LogP contribution in [0.4, 0.5) is 4.79 Å². The topological polar surface area (TPSA) is 227 Å². The minimum Gasteiger partial charge on any atom is -0.481 e. The molecule has 0 aromatic rings. The molecule has 34 heavy (non-hydrogen) atoms. The summed E-state index contributed by atoms with van der Waals surface area (Å²) in [6, 6.07) is 0. The second-order valence-electron chi connectivity index (χ2n) is 5.88. The van der Waals surface area contributed by atoms with E-state index in [1.165, 1.54) is 62.3 Å². The first-order valence-corrected chi connectivity index (χ1v) is 9.23. The van der Waals surface area contributed by atoms with Gasteiger partial charge < -0.3 is 44.3 Å². The number of carboxylic acid groups (broad SMARTS) is 4. The molecule has 0 aromatic heterocycles. The molecule has 0 aliphatic rings. The molecule has 0 rings (SSSR count). The molecule has 13 nitrogen and oxygen atoms in total. The monoisotopic (exact) mass is 502 g/mol. The van der Waals surface area contributed by atoms with Gasteiger partial charge >= 0.3 is 12.1 Å². The average molecular weight is 503 g/mol. The summed E-state index contributed by atoms with van der Waals surface area (Å²) in [5, 5.41) is 28.8. The third-order valence-electron chi connectivity index (χ3n) is 0.348. The Morgan fingerprint density at radius 3 is 0.559 bits per heavy atom. The van der Waals surface area contributed by atoms with Gasteiger partial charge in [0.1, 0.15) is 23.1 Å². The van der Waals surface area contributed by atoms with Gasteiger partial charge in [-0.2, -0.15) is 0 Å². The first kappa shape index (κ1) is 52.3. The maximum atomic E-state index is 9.82. The molecule has 0 unspecified atom stereocenters. The molecule has 204 valence electrons. The smallest absolute Gasteiger partial charge is 0.481 e. The highest BCUT2D eigenvalue weighted by Gasteiger charge is 1.81. The number of ether oxygens (including phenoxy) is 1. The van der Waals surface area contributed by atoms with Crippen LogP contribution < -0.4 is 0 Å². The molecular formula is C21H42O13. The molecule has 0 fully saturated rings. The summed E-state index contributed by atoms with van der Waals surface area (Å²) in [4.78, 5) is 74.2. The van der Waals surface area contributed by atoms with E-state index in [1.807, 2.05) is 0 Å². The van der Waals surface area contributed by atoms with Crippen LogP contribution in [0.2, 0.25) is 0 Å². The fourth-order valence-corrected chi connectivity index (χ4v) is 0.203. The van der Waals surface area contributed by atoms with Gasteiger partial charge in [0.05, 0.1) is 6.61 Å². The van der Waals surface area contributed by atoms with Crippen molar-refractivity contribution in [1.29, 1.82) is 0 Å². The zero-order valence-electron chi connectivity index (χ0n) is 22.2. The Hall–Kier alpha value is -3.64. The van der Waals surface area contributed by atoms with Gasteiger partial charge in [-0.15, -0.1) is 0 Å². The van der Waals surface area contributed by atoms with E-state index in [-0.39, 0.29) is 29.1 Å². The lowest BCUT2D eigenvalue weighted by molar-refractivity contribution is -0.140. The van der Waals surface area contributed by atoms with Crippen LogP contribution in [0.3, 0.4) is 0 Å². The molecule has 0 aliphatic heterocycles. The Bertz CT molecular complexity index is 419. The highest BCUT2D eigenvalue weighted by atomic mass is 16.6. The predicted octanol–water partition coefficient (Wildman–Crippen LogP) is 3.35. The van der Waals surface area contributed by atoms with E-state index in [0.717, 1.165) is 13.8 Å². The number of aliphatic carboxylic acids is 2. The van der Waals surface area contributed by atoms with E-state index in [2.05, 4.69) is 4.74 Å². The van der Waals surface area contributed by atoms with Crippen LogP contribution in [0.25, 0.3) is 0 Å². The third kappa shape index (κ3) is 51800. The number of esters is 1. The number of rotatable bonds is 1. The van der Waals surface area contributed by atoms with Crippen molar-refractivity contribution in [3.8, 4) is 0 Å². The van der Waals surface area contributed by atoms with Crippen molar-refractivity contribution < 1.29 is 63.5 Å². The van der Waals surface area contributed by atoms with Crippen molar-refractivity contribution in [2.24, 2.45) is 0 Å². The van der Waals surface area contributed by atoms with Gasteiger partial charge in [0.25, 0.3) is 11.9 Å². The number of hydrogen-bond acceptors (Lipinski definition) is 9. The SMILES string of the molecule is CC(=O)O.CC(=O)O.CC(C)=O.CC(C)=O.CC(C)=O.CC(C)=O.CCOC(C)=O.O=C(O)O. The average Bonchev–Trinajstić information content (AvgIpc) is 2.41. The molecule has 0 radical (unpaired) electrons. The summed E-state index contributed by atoms with van der Waals surface area (Å²) in [6.45, 7) is 18.0. The van der Waals surface area contributed by atoms with E-state index in [1.54, 1.807) is 6.92 Å². The minimum absolute atomic E-state index is 0.167. The zero-order chi connectivity index (χ0) is 30.0. The number of carboxylic acids is 2. The van der Waals surface area contributed by atoms with Crippen LogP contribution in [0.5, 0.6) is 0 Å². The Morgan fingerprint density at radius 2 is 0.559 bits per heavy atom. The van der Waals surface area contributed by atoms with E-state index in [4.69, 9.17) is 34.8 Å². The van der Waals surface area contributed by atoms with Crippen molar-refractivity contribution in [2.45, 2.75) is 83.1 Å². The van der Waals surface area contributed by atoms with Crippen molar-refractivity contribution >= 4 is 47.2 Å². The maximum Gasteiger partial charge on any atom is 0.503 e.